The maximum atomic E-state index is 9.56. The predicted octanol–water partition coefficient (Wildman–Crippen LogP) is 4.60. The van der Waals surface area contributed by atoms with Crippen molar-refractivity contribution < 1.29 is 5.11 Å². The first kappa shape index (κ1) is 20.8. The van der Waals surface area contributed by atoms with Crippen LogP contribution in [0.15, 0.2) is 54.6 Å². The van der Waals surface area contributed by atoms with Crippen LogP contribution in [0.3, 0.4) is 0 Å². The summed E-state index contributed by atoms with van der Waals surface area (Å²) in [7, 11) is 0. The van der Waals surface area contributed by atoms with Crippen LogP contribution >= 0.6 is 0 Å². The van der Waals surface area contributed by atoms with Gasteiger partial charge in [-0.1, -0.05) is 69.3 Å². The highest BCUT2D eigenvalue weighted by Gasteiger charge is 2.20. The van der Waals surface area contributed by atoms with Crippen LogP contribution in [-0.4, -0.2) is 54.3 Å². The molecule has 0 unspecified atom stereocenters. The number of fused-ring (bicyclic) bond motifs is 1. The van der Waals surface area contributed by atoms with Gasteiger partial charge < -0.3 is 14.9 Å². The smallest absolute Gasteiger partial charge is 0.137 e. The second-order valence-corrected chi connectivity index (χ2v) is 9.17. The van der Waals surface area contributed by atoms with E-state index in [-0.39, 0.29) is 12.0 Å². The molecule has 2 aromatic carbocycles. The molecule has 0 radical (unpaired) electrons. The molecule has 1 aliphatic rings. The fourth-order valence-electron chi connectivity index (χ4n) is 4.25. The molecule has 0 atom stereocenters. The van der Waals surface area contributed by atoms with Gasteiger partial charge in [0.25, 0.3) is 0 Å². The van der Waals surface area contributed by atoms with Gasteiger partial charge in [-0.3, -0.25) is 0 Å². The Morgan fingerprint density at radius 1 is 0.967 bits per heavy atom. The van der Waals surface area contributed by atoms with Gasteiger partial charge in [0, 0.05) is 43.7 Å². The lowest BCUT2D eigenvalue weighted by Gasteiger charge is -2.35. The van der Waals surface area contributed by atoms with E-state index in [4.69, 9.17) is 4.98 Å². The molecule has 0 aliphatic carbocycles. The van der Waals surface area contributed by atoms with Crippen molar-refractivity contribution in [1.29, 1.82) is 0 Å². The lowest BCUT2D eigenvalue weighted by molar-refractivity contribution is 0.159. The first-order valence-electron chi connectivity index (χ1n) is 11.1. The normalized spacial score (nSPS) is 15.7. The molecule has 2 heterocycles. The van der Waals surface area contributed by atoms with Gasteiger partial charge in [0.05, 0.1) is 5.69 Å². The van der Waals surface area contributed by atoms with Crippen molar-refractivity contribution in [3.05, 3.63) is 60.2 Å². The fourth-order valence-corrected chi connectivity index (χ4v) is 4.25. The van der Waals surface area contributed by atoms with Crippen LogP contribution in [0.4, 0.5) is 5.82 Å². The van der Waals surface area contributed by atoms with Crippen LogP contribution in [0.2, 0.25) is 0 Å². The quantitative estimate of drug-likeness (QED) is 0.653. The molecule has 0 spiro atoms. The zero-order chi connectivity index (χ0) is 21.1. The topological polar surface area (TPSA) is 39.6 Å². The van der Waals surface area contributed by atoms with Gasteiger partial charge in [-0.2, -0.15) is 0 Å². The second-order valence-electron chi connectivity index (χ2n) is 9.17. The third kappa shape index (κ3) is 4.50. The number of hydrogen-bond acceptors (Lipinski definition) is 4. The first-order valence-corrected chi connectivity index (χ1v) is 11.1. The van der Waals surface area contributed by atoms with E-state index < -0.39 is 0 Å². The van der Waals surface area contributed by atoms with Gasteiger partial charge in [0.1, 0.15) is 5.82 Å². The molecular formula is C26H33N3O. The maximum absolute atomic E-state index is 9.56. The Hall–Kier alpha value is -2.43. The number of hydrogen-bond donors (Lipinski definition) is 1. The number of rotatable bonds is 6. The van der Waals surface area contributed by atoms with Gasteiger partial charge in [-0.25, -0.2) is 4.98 Å². The number of pyridine rings is 1. The van der Waals surface area contributed by atoms with Crippen molar-refractivity contribution in [2.24, 2.45) is 5.41 Å². The molecule has 1 N–H and O–H groups in total. The van der Waals surface area contributed by atoms with E-state index in [1.165, 1.54) is 16.3 Å². The Morgan fingerprint density at radius 3 is 2.33 bits per heavy atom. The summed E-state index contributed by atoms with van der Waals surface area (Å²) < 4.78 is 0. The molecule has 3 aromatic rings. The molecule has 4 nitrogen and oxygen atoms in total. The average molecular weight is 404 g/mol. The zero-order valence-electron chi connectivity index (χ0n) is 18.4. The summed E-state index contributed by atoms with van der Waals surface area (Å²) in [5.41, 5.74) is 3.31. The Morgan fingerprint density at radius 2 is 1.67 bits per heavy atom. The Labute approximate surface area is 180 Å². The summed E-state index contributed by atoms with van der Waals surface area (Å²) in [6.07, 6.45) is 0.863. The molecule has 0 amide bonds. The van der Waals surface area contributed by atoms with Gasteiger partial charge in [-0.15, -0.1) is 0 Å². The van der Waals surface area contributed by atoms with Crippen LogP contribution in [-0.2, 0) is 6.42 Å². The Balaban J connectivity index is 1.67. The summed E-state index contributed by atoms with van der Waals surface area (Å²) in [4.78, 5) is 10.1. The van der Waals surface area contributed by atoms with Crippen molar-refractivity contribution in [3.8, 4) is 11.3 Å². The van der Waals surface area contributed by atoms with E-state index in [1.807, 2.05) is 0 Å². The highest BCUT2D eigenvalue weighted by molar-refractivity contribution is 5.95. The van der Waals surface area contributed by atoms with Crippen molar-refractivity contribution in [2.45, 2.75) is 27.2 Å². The number of likely N-dealkylation sites (N-methyl/N-ethyl adjacent to an activating group) is 1. The van der Waals surface area contributed by atoms with Crippen LogP contribution in [0, 0.1) is 5.41 Å². The fraction of sp³-hybridized carbons (Fsp3) is 0.423. The summed E-state index contributed by atoms with van der Waals surface area (Å²) in [5, 5.41) is 12.0. The third-order valence-electron chi connectivity index (χ3n) is 6.20. The number of piperazine rings is 1. The lowest BCUT2D eigenvalue weighted by Crippen LogP contribution is -2.46. The lowest BCUT2D eigenvalue weighted by atomic mass is 9.86. The first-order chi connectivity index (χ1) is 14.5. The standard InChI is InChI=1S/C26H33N3O/c1-4-28-13-15-29(16-14-28)25-23-8-6-5-7-22(23)17-24(27-25)21-11-9-20(10-12-21)18-26(2,3)19-30/h5-12,17,30H,4,13-16,18-19H2,1-3H3. The SMILES string of the molecule is CCN1CCN(c2nc(-c3ccc(CC(C)(C)CO)cc3)cc3ccccc23)CC1. The number of nitrogens with zero attached hydrogens (tertiary/aromatic N) is 3. The van der Waals surface area contributed by atoms with E-state index in [0.717, 1.165) is 56.2 Å². The molecule has 1 aliphatic heterocycles. The molecule has 158 valence electrons. The second kappa shape index (κ2) is 8.75. The van der Waals surface area contributed by atoms with E-state index >= 15 is 0 Å². The summed E-state index contributed by atoms with van der Waals surface area (Å²) in [5.74, 6) is 1.10. The molecule has 30 heavy (non-hydrogen) atoms. The maximum Gasteiger partial charge on any atom is 0.137 e. The minimum Gasteiger partial charge on any atom is -0.396 e. The molecular weight excluding hydrogens is 370 g/mol. The van der Waals surface area contributed by atoms with E-state index in [2.05, 4.69) is 85.2 Å². The highest BCUT2D eigenvalue weighted by Crippen LogP contribution is 2.31. The largest absolute Gasteiger partial charge is 0.396 e. The van der Waals surface area contributed by atoms with Gasteiger partial charge in [-0.05, 0) is 35.4 Å². The van der Waals surface area contributed by atoms with Crippen molar-refractivity contribution in [3.63, 3.8) is 0 Å². The average Bonchev–Trinajstić information content (AvgIpc) is 2.78. The van der Waals surface area contributed by atoms with E-state index in [1.54, 1.807) is 0 Å². The number of aliphatic hydroxyl groups excluding tert-OH is 1. The molecule has 1 saturated heterocycles. The molecule has 1 fully saturated rings. The van der Waals surface area contributed by atoms with Crippen LogP contribution < -0.4 is 4.90 Å². The Kier molecular flexibility index (Phi) is 6.07. The third-order valence-corrected chi connectivity index (χ3v) is 6.20. The minimum atomic E-state index is -0.101. The Bertz CT molecular complexity index is 989. The van der Waals surface area contributed by atoms with Crippen LogP contribution in [0.5, 0.6) is 0 Å². The van der Waals surface area contributed by atoms with Gasteiger partial charge in [0.15, 0.2) is 0 Å². The molecule has 4 heteroatoms. The monoisotopic (exact) mass is 403 g/mol. The number of aromatic nitrogens is 1. The van der Waals surface area contributed by atoms with Crippen LogP contribution in [0.1, 0.15) is 26.3 Å². The summed E-state index contributed by atoms with van der Waals surface area (Å²) >= 11 is 0. The zero-order valence-corrected chi connectivity index (χ0v) is 18.4. The molecule has 1 aromatic heterocycles. The summed E-state index contributed by atoms with van der Waals surface area (Å²) in [6, 6.07) is 19.5. The van der Waals surface area contributed by atoms with E-state index in [0.29, 0.717) is 0 Å². The number of aliphatic hydroxyl groups is 1. The predicted molar refractivity (Wildman–Crippen MR) is 126 cm³/mol. The molecule has 0 bridgehead atoms. The van der Waals surface area contributed by atoms with Gasteiger partial charge >= 0.3 is 0 Å². The molecule has 4 rings (SSSR count). The number of benzene rings is 2. The van der Waals surface area contributed by atoms with Gasteiger partial charge in [0.2, 0.25) is 0 Å². The summed E-state index contributed by atoms with van der Waals surface area (Å²) in [6.45, 7) is 11.9. The minimum absolute atomic E-state index is 0.101. The van der Waals surface area contributed by atoms with Crippen molar-refractivity contribution in [2.75, 3.05) is 44.2 Å². The number of anilines is 1. The van der Waals surface area contributed by atoms with Crippen molar-refractivity contribution >= 4 is 16.6 Å². The van der Waals surface area contributed by atoms with E-state index in [9.17, 15) is 5.11 Å². The molecule has 0 saturated carbocycles. The van der Waals surface area contributed by atoms with Crippen LogP contribution in [0.25, 0.3) is 22.0 Å². The van der Waals surface area contributed by atoms with Crippen molar-refractivity contribution in [1.82, 2.24) is 9.88 Å². The highest BCUT2D eigenvalue weighted by atomic mass is 16.3.